The van der Waals surface area contributed by atoms with Gasteiger partial charge in [-0.05, 0) is 101 Å². The van der Waals surface area contributed by atoms with Crippen molar-refractivity contribution < 1.29 is 29.0 Å². The van der Waals surface area contributed by atoms with Crippen molar-refractivity contribution in [1.29, 1.82) is 0 Å². The fourth-order valence-corrected chi connectivity index (χ4v) is 6.46. The molecule has 250 valence electrons. The van der Waals surface area contributed by atoms with Crippen molar-refractivity contribution in [2.24, 2.45) is 17.8 Å². The third kappa shape index (κ3) is 12.1. The molecule has 0 aliphatic carbocycles. The van der Waals surface area contributed by atoms with Gasteiger partial charge in [-0.25, -0.2) is 4.79 Å². The lowest BCUT2D eigenvalue weighted by molar-refractivity contribution is -0.142. The topological polar surface area (TPSA) is 102 Å². The summed E-state index contributed by atoms with van der Waals surface area (Å²) in [6, 6.07) is -1.12. The molecular weight excluding hydrogens is 554 g/mol. The van der Waals surface area contributed by atoms with Crippen molar-refractivity contribution >= 4 is 17.7 Å². The summed E-state index contributed by atoms with van der Waals surface area (Å²) < 4.78 is 12.7. The van der Waals surface area contributed by atoms with Gasteiger partial charge in [0, 0.05) is 12.0 Å². The molecule has 0 aromatic heterocycles. The first-order chi connectivity index (χ1) is 20.6. The Morgan fingerprint density at radius 2 is 1.48 bits per heavy atom. The maximum atomic E-state index is 12.5. The second kappa shape index (κ2) is 17.8. The number of hydrogen-bond donors (Lipinski definition) is 2. The van der Waals surface area contributed by atoms with Gasteiger partial charge in [0.05, 0.1) is 0 Å². The van der Waals surface area contributed by atoms with Crippen molar-refractivity contribution in [1.82, 2.24) is 5.32 Å². The Hall–Kier alpha value is -2.57. The van der Waals surface area contributed by atoms with Crippen LogP contribution in [0.5, 0.6) is 11.5 Å². The van der Waals surface area contributed by atoms with E-state index in [2.05, 4.69) is 39.9 Å². The fourth-order valence-electron chi connectivity index (χ4n) is 6.46. The van der Waals surface area contributed by atoms with Gasteiger partial charge >= 0.3 is 5.97 Å². The Balaban J connectivity index is 1.90. The van der Waals surface area contributed by atoms with Crippen LogP contribution in [0.2, 0.25) is 0 Å². The molecule has 2 N–H and O–H groups in total. The number of nitrogens with one attached hydrogen (secondary N) is 1. The van der Waals surface area contributed by atoms with Crippen molar-refractivity contribution in [3.05, 3.63) is 22.3 Å². The summed E-state index contributed by atoms with van der Waals surface area (Å²) in [7, 11) is 0. The van der Waals surface area contributed by atoms with E-state index in [0.717, 1.165) is 71.4 Å². The van der Waals surface area contributed by atoms with E-state index < -0.39 is 17.9 Å². The molecular formula is C37H61NO6. The molecule has 7 heteroatoms. The van der Waals surface area contributed by atoms with E-state index in [1.165, 1.54) is 51.9 Å². The van der Waals surface area contributed by atoms with Gasteiger partial charge < -0.3 is 24.7 Å². The molecule has 0 radical (unpaired) electrons. The van der Waals surface area contributed by atoms with Gasteiger partial charge in [0.25, 0.3) is 5.91 Å². The number of fused-ring (bicyclic) bond motifs is 1. The number of aliphatic carboxylic acids is 1. The Bertz CT molecular complexity index is 1110. The second-order valence-electron chi connectivity index (χ2n) is 14.4. The van der Waals surface area contributed by atoms with Crippen LogP contribution in [0.1, 0.15) is 141 Å². The van der Waals surface area contributed by atoms with Gasteiger partial charge in [0.15, 0.2) is 6.61 Å². The van der Waals surface area contributed by atoms with E-state index in [1.807, 2.05) is 20.8 Å². The molecule has 0 saturated carbocycles. The molecule has 4 atom stereocenters. The van der Waals surface area contributed by atoms with Crippen molar-refractivity contribution in [2.75, 3.05) is 6.61 Å². The summed E-state index contributed by atoms with van der Waals surface area (Å²) in [6.45, 7) is 18.8. The quantitative estimate of drug-likeness (QED) is 0.153. The van der Waals surface area contributed by atoms with Crippen LogP contribution in [0.25, 0.3) is 0 Å². The molecule has 1 aliphatic rings. The van der Waals surface area contributed by atoms with E-state index in [-0.39, 0.29) is 30.8 Å². The van der Waals surface area contributed by atoms with Crippen molar-refractivity contribution in [2.45, 2.75) is 157 Å². The summed E-state index contributed by atoms with van der Waals surface area (Å²) in [4.78, 5) is 35.3. The number of carboxylic acids is 1. The molecule has 1 aromatic carbocycles. The van der Waals surface area contributed by atoms with Crippen LogP contribution in [0.15, 0.2) is 0 Å². The summed E-state index contributed by atoms with van der Waals surface area (Å²) in [5, 5.41) is 11.9. The van der Waals surface area contributed by atoms with E-state index in [4.69, 9.17) is 9.47 Å². The first-order valence-electron chi connectivity index (χ1n) is 17.1. The van der Waals surface area contributed by atoms with Crippen molar-refractivity contribution in [3.8, 4) is 11.5 Å². The summed E-state index contributed by atoms with van der Waals surface area (Å²) in [5.41, 5.74) is 3.84. The molecule has 44 heavy (non-hydrogen) atoms. The molecule has 1 aromatic rings. The minimum atomic E-state index is -1.16. The zero-order chi connectivity index (χ0) is 33.0. The Morgan fingerprint density at radius 3 is 2.05 bits per heavy atom. The van der Waals surface area contributed by atoms with E-state index >= 15 is 0 Å². The number of carboxylic acid groups (broad SMARTS) is 1. The maximum absolute atomic E-state index is 12.5. The lowest BCUT2D eigenvalue weighted by atomic mass is 9.83. The monoisotopic (exact) mass is 615 g/mol. The lowest BCUT2D eigenvalue weighted by Gasteiger charge is -2.38. The van der Waals surface area contributed by atoms with Crippen LogP contribution in [-0.2, 0) is 20.8 Å². The number of hydrogen-bond acceptors (Lipinski definition) is 5. The predicted octanol–water partition coefficient (Wildman–Crippen LogP) is 8.45. The number of ketones is 1. The zero-order valence-corrected chi connectivity index (χ0v) is 29.2. The molecule has 0 bridgehead atoms. The summed E-state index contributed by atoms with van der Waals surface area (Å²) in [6.07, 6.45) is 13.4. The Morgan fingerprint density at radius 1 is 0.886 bits per heavy atom. The molecule has 0 fully saturated rings. The average Bonchev–Trinajstić information content (AvgIpc) is 2.93. The van der Waals surface area contributed by atoms with Gasteiger partial charge in [0.2, 0.25) is 0 Å². The van der Waals surface area contributed by atoms with Crippen LogP contribution in [0.3, 0.4) is 0 Å². The van der Waals surface area contributed by atoms with Gasteiger partial charge in [-0.1, -0.05) is 72.6 Å². The van der Waals surface area contributed by atoms with E-state index in [1.54, 1.807) is 0 Å². The lowest BCUT2D eigenvalue weighted by Crippen LogP contribution is -2.43. The normalized spacial score (nSPS) is 18.2. The summed E-state index contributed by atoms with van der Waals surface area (Å²) >= 11 is 0. The minimum absolute atomic E-state index is 0.0550. The number of benzene rings is 1. The first-order valence-corrected chi connectivity index (χ1v) is 17.1. The maximum Gasteiger partial charge on any atom is 0.326 e. The average molecular weight is 616 g/mol. The SMILES string of the molecule is CC(=O)CC[C@H](NC(=O)COc1c(C)c(C)c2c(c1C)CC[C@@](C)(CCC[C@H](C)CCC[C@H](C)CCCC(C)C)O2)C(=O)O. The van der Waals surface area contributed by atoms with Gasteiger partial charge in [-0.15, -0.1) is 0 Å². The standard InChI is InChI=1S/C37H61NO6/c1-24(2)13-10-14-25(3)15-11-16-26(4)17-12-21-37(9)22-20-31-30(8)34(28(6)29(7)35(31)44-37)43-23-33(40)38-32(36(41)42)19-18-27(5)39/h24-26,32H,10-23H2,1-9H3,(H,38,40)(H,41,42)/t25-,26-,32+,37-/m1/s1. The number of carbonyl (C=O) groups excluding carboxylic acids is 2. The number of ether oxygens (including phenoxy) is 2. The molecule has 7 nitrogen and oxygen atoms in total. The smallest absolute Gasteiger partial charge is 0.326 e. The Kier molecular flexibility index (Phi) is 15.2. The second-order valence-corrected chi connectivity index (χ2v) is 14.4. The third-order valence-electron chi connectivity index (χ3n) is 9.60. The number of amides is 1. The highest BCUT2D eigenvalue weighted by molar-refractivity contribution is 5.85. The van der Waals surface area contributed by atoms with E-state index in [9.17, 15) is 19.5 Å². The molecule has 0 saturated heterocycles. The third-order valence-corrected chi connectivity index (χ3v) is 9.60. The summed E-state index contributed by atoms with van der Waals surface area (Å²) in [5.74, 6) is 2.18. The molecule has 0 unspecified atom stereocenters. The Labute approximate surface area is 267 Å². The highest BCUT2D eigenvalue weighted by Gasteiger charge is 2.34. The predicted molar refractivity (Wildman–Crippen MR) is 178 cm³/mol. The van der Waals surface area contributed by atoms with Gasteiger partial charge in [-0.2, -0.15) is 0 Å². The number of carbonyl (C=O) groups is 3. The first kappa shape index (κ1) is 37.6. The fraction of sp³-hybridized carbons (Fsp3) is 0.757. The molecule has 0 spiro atoms. The highest BCUT2D eigenvalue weighted by Crippen LogP contribution is 2.45. The molecule has 1 aliphatic heterocycles. The van der Waals surface area contributed by atoms with Crippen LogP contribution < -0.4 is 14.8 Å². The van der Waals surface area contributed by atoms with Gasteiger partial charge in [0.1, 0.15) is 28.9 Å². The molecule has 1 heterocycles. The largest absolute Gasteiger partial charge is 0.487 e. The molecule has 1 amide bonds. The van der Waals surface area contributed by atoms with Crippen LogP contribution in [-0.4, -0.2) is 41.0 Å². The highest BCUT2D eigenvalue weighted by atomic mass is 16.5. The van der Waals surface area contributed by atoms with Crippen molar-refractivity contribution in [3.63, 3.8) is 0 Å². The number of Topliss-reactive ketones (excluding diaryl/α,β-unsaturated/α-hetero) is 1. The molecule has 2 rings (SSSR count). The van der Waals surface area contributed by atoms with Gasteiger partial charge in [-0.3, -0.25) is 4.79 Å². The zero-order valence-electron chi connectivity index (χ0n) is 29.2. The minimum Gasteiger partial charge on any atom is -0.487 e. The van der Waals surface area contributed by atoms with Crippen LogP contribution in [0, 0.1) is 38.5 Å². The number of rotatable bonds is 20. The van der Waals surface area contributed by atoms with Crippen LogP contribution >= 0.6 is 0 Å². The van der Waals surface area contributed by atoms with E-state index in [0.29, 0.717) is 5.75 Å². The van der Waals surface area contributed by atoms with Crippen LogP contribution in [0.4, 0.5) is 0 Å².